The molecular formula is C17H18FNO2. The molecule has 5 rings (SSSR count). The van der Waals surface area contributed by atoms with Crippen LogP contribution in [0.1, 0.15) is 30.1 Å². The van der Waals surface area contributed by atoms with Crippen molar-refractivity contribution < 1.29 is 13.5 Å². The summed E-state index contributed by atoms with van der Waals surface area (Å²) in [5.74, 6) is 2.35. The molecule has 3 heterocycles. The van der Waals surface area contributed by atoms with Gasteiger partial charge < -0.3 is 9.15 Å². The van der Waals surface area contributed by atoms with Crippen molar-refractivity contribution in [2.75, 3.05) is 20.2 Å². The van der Waals surface area contributed by atoms with E-state index in [9.17, 15) is 4.39 Å². The van der Waals surface area contributed by atoms with E-state index in [0.717, 1.165) is 30.2 Å². The van der Waals surface area contributed by atoms with Crippen molar-refractivity contribution in [3.05, 3.63) is 29.3 Å². The monoisotopic (exact) mass is 287 g/mol. The van der Waals surface area contributed by atoms with Crippen molar-refractivity contribution in [2.24, 2.45) is 5.92 Å². The van der Waals surface area contributed by atoms with Gasteiger partial charge in [-0.1, -0.05) is 0 Å². The van der Waals surface area contributed by atoms with E-state index in [4.69, 9.17) is 9.15 Å². The van der Waals surface area contributed by atoms with Gasteiger partial charge in [-0.2, -0.15) is 0 Å². The van der Waals surface area contributed by atoms with E-state index >= 15 is 0 Å². The molecule has 110 valence electrons. The van der Waals surface area contributed by atoms with Gasteiger partial charge in [0, 0.05) is 30.6 Å². The Morgan fingerprint density at radius 3 is 3.05 bits per heavy atom. The van der Waals surface area contributed by atoms with Crippen LogP contribution in [0.5, 0.6) is 5.75 Å². The Hall–Kier alpha value is -1.55. The lowest BCUT2D eigenvalue weighted by Crippen LogP contribution is -2.36. The topological polar surface area (TPSA) is 25.6 Å². The molecule has 21 heavy (non-hydrogen) atoms. The lowest BCUT2D eigenvalue weighted by Gasteiger charge is -2.29. The minimum Gasteiger partial charge on any atom is -0.494 e. The number of piperidine rings is 1. The molecule has 0 radical (unpaired) electrons. The molecule has 1 saturated carbocycles. The number of nitrogens with zero attached hydrogens (tertiary/aromatic N) is 1. The van der Waals surface area contributed by atoms with Crippen molar-refractivity contribution in [1.29, 1.82) is 0 Å². The summed E-state index contributed by atoms with van der Waals surface area (Å²) in [5, 5.41) is 0.648. The highest BCUT2D eigenvalue weighted by Crippen LogP contribution is 2.51. The first-order chi connectivity index (χ1) is 10.3. The molecule has 3 atom stereocenters. The van der Waals surface area contributed by atoms with Crippen LogP contribution in [0.3, 0.4) is 0 Å². The molecule has 1 saturated heterocycles. The van der Waals surface area contributed by atoms with Crippen LogP contribution in [0.4, 0.5) is 4.39 Å². The largest absolute Gasteiger partial charge is 0.494 e. The molecule has 2 aliphatic heterocycles. The highest BCUT2D eigenvalue weighted by atomic mass is 19.1. The zero-order chi connectivity index (χ0) is 14.1. The fraction of sp³-hybridized carbons (Fsp3) is 0.529. The molecule has 0 spiro atoms. The number of benzene rings is 1. The number of hydrogen-bond acceptors (Lipinski definition) is 3. The number of halogens is 1. The molecule has 1 aliphatic carbocycles. The van der Waals surface area contributed by atoms with Gasteiger partial charge in [0.2, 0.25) is 0 Å². The van der Waals surface area contributed by atoms with Gasteiger partial charge in [-0.15, -0.1) is 0 Å². The molecule has 1 aromatic carbocycles. The van der Waals surface area contributed by atoms with Gasteiger partial charge in [-0.05, 0) is 37.3 Å². The van der Waals surface area contributed by atoms with Crippen LogP contribution in [-0.2, 0) is 6.42 Å². The van der Waals surface area contributed by atoms with Gasteiger partial charge >= 0.3 is 0 Å². The maximum atomic E-state index is 14.7. The highest BCUT2D eigenvalue weighted by Gasteiger charge is 2.49. The van der Waals surface area contributed by atoms with Crippen LogP contribution in [0.25, 0.3) is 11.0 Å². The van der Waals surface area contributed by atoms with Crippen molar-refractivity contribution in [1.82, 2.24) is 4.90 Å². The Balaban J connectivity index is 1.75. The van der Waals surface area contributed by atoms with E-state index < -0.39 is 0 Å². The second-order valence-electron chi connectivity index (χ2n) is 6.66. The zero-order valence-corrected chi connectivity index (χ0v) is 12.1. The summed E-state index contributed by atoms with van der Waals surface area (Å²) < 4.78 is 25.9. The van der Waals surface area contributed by atoms with Crippen molar-refractivity contribution in [3.63, 3.8) is 0 Å². The SMILES string of the molecule is COc1ccc2oc3c(c2c1F)CCN1C[C@H]2C[C@@H]3[C@@H]1C2. The van der Waals surface area contributed by atoms with Gasteiger partial charge in [0.15, 0.2) is 11.6 Å². The first kappa shape index (κ1) is 12.0. The van der Waals surface area contributed by atoms with Crippen LogP contribution >= 0.6 is 0 Å². The van der Waals surface area contributed by atoms with Gasteiger partial charge in [0.25, 0.3) is 0 Å². The number of methoxy groups -OCH3 is 1. The minimum atomic E-state index is -0.265. The number of ether oxygens (including phenoxy) is 1. The summed E-state index contributed by atoms with van der Waals surface area (Å²) >= 11 is 0. The average Bonchev–Trinajstić information content (AvgIpc) is 3.16. The average molecular weight is 287 g/mol. The molecule has 2 aromatic rings. The molecule has 0 amide bonds. The van der Waals surface area contributed by atoms with E-state index in [1.807, 2.05) is 6.07 Å². The fourth-order valence-electron chi connectivity index (χ4n) is 4.85. The summed E-state index contributed by atoms with van der Waals surface area (Å²) in [6.07, 6.45) is 3.37. The number of hydrogen-bond donors (Lipinski definition) is 0. The molecule has 4 heteroatoms. The van der Waals surface area contributed by atoms with Crippen molar-refractivity contribution in [3.8, 4) is 5.75 Å². The van der Waals surface area contributed by atoms with E-state index in [2.05, 4.69) is 4.90 Å². The normalized spacial score (nSPS) is 30.7. The highest BCUT2D eigenvalue weighted by molar-refractivity contribution is 5.85. The Kier molecular flexibility index (Phi) is 2.30. The summed E-state index contributed by atoms with van der Waals surface area (Å²) in [6.45, 7) is 2.24. The smallest absolute Gasteiger partial charge is 0.176 e. The summed E-state index contributed by atoms with van der Waals surface area (Å²) in [4.78, 5) is 2.58. The lowest BCUT2D eigenvalue weighted by molar-refractivity contribution is 0.194. The van der Waals surface area contributed by atoms with Gasteiger partial charge in [-0.25, -0.2) is 4.39 Å². The molecule has 3 nitrogen and oxygen atoms in total. The van der Waals surface area contributed by atoms with Crippen LogP contribution in [0.2, 0.25) is 0 Å². The molecule has 0 unspecified atom stereocenters. The second-order valence-corrected chi connectivity index (χ2v) is 6.66. The Morgan fingerprint density at radius 2 is 2.24 bits per heavy atom. The van der Waals surface area contributed by atoms with Gasteiger partial charge in [0.05, 0.1) is 12.5 Å². The number of rotatable bonds is 1. The maximum Gasteiger partial charge on any atom is 0.176 e. The summed E-state index contributed by atoms with van der Waals surface area (Å²) in [6, 6.07) is 4.12. The fourth-order valence-corrected chi connectivity index (χ4v) is 4.85. The molecule has 0 N–H and O–H groups in total. The molecular weight excluding hydrogens is 269 g/mol. The molecule has 2 fully saturated rings. The predicted molar refractivity (Wildman–Crippen MR) is 77.3 cm³/mol. The first-order valence-corrected chi connectivity index (χ1v) is 7.78. The third-order valence-corrected chi connectivity index (χ3v) is 5.68. The minimum absolute atomic E-state index is 0.265. The molecule has 1 aromatic heterocycles. The van der Waals surface area contributed by atoms with Crippen LogP contribution in [0, 0.1) is 11.7 Å². The Morgan fingerprint density at radius 1 is 1.33 bits per heavy atom. The van der Waals surface area contributed by atoms with Crippen molar-refractivity contribution >= 4 is 11.0 Å². The zero-order valence-electron chi connectivity index (χ0n) is 12.1. The number of furan rings is 1. The Bertz CT molecular complexity index is 738. The van der Waals surface area contributed by atoms with Crippen molar-refractivity contribution in [2.45, 2.75) is 31.2 Å². The lowest BCUT2D eigenvalue weighted by atomic mass is 9.94. The summed E-state index contributed by atoms with van der Waals surface area (Å²) in [5.41, 5.74) is 1.76. The first-order valence-electron chi connectivity index (χ1n) is 7.78. The van der Waals surface area contributed by atoms with E-state index in [1.165, 1.54) is 26.5 Å². The van der Waals surface area contributed by atoms with Gasteiger partial charge in [0.1, 0.15) is 11.3 Å². The maximum absolute atomic E-state index is 14.7. The third-order valence-electron chi connectivity index (χ3n) is 5.68. The Labute approximate surface area is 122 Å². The number of fused-ring (bicyclic) bond motifs is 5. The molecule has 3 aliphatic rings. The standard InChI is InChI=1S/C17H18FNO2/c1-20-14-3-2-13-15(16(14)18)10-4-5-19-8-9-6-11(12(19)7-9)17(10)21-13/h2-3,9,11-12H,4-8H2,1H3/t9-,11+,12-/m0/s1. The second kappa shape index (κ2) is 4.01. The van der Waals surface area contributed by atoms with Crippen LogP contribution < -0.4 is 4.74 Å². The predicted octanol–water partition coefficient (Wildman–Crippen LogP) is 3.31. The van der Waals surface area contributed by atoms with Crippen LogP contribution in [0.15, 0.2) is 16.5 Å². The van der Waals surface area contributed by atoms with Crippen LogP contribution in [-0.4, -0.2) is 31.1 Å². The van der Waals surface area contributed by atoms with E-state index in [1.54, 1.807) is 6.07 Å². The van der Waals surface area contributed by atoms with E-state index in [0.29, 0.717) is 28.7 Å². The summed E-state index contributed by atoms with van der Waals surface area (Å²) in [7, 11) is 1.51. The third kappa shape index (κ3) is 1.46. The quantitative estimate of drug-likeness (QED) is 0.804. The molecule has 2 bridgehead atoms. The van der Waals surface area contributed by atoms with Gasteiger partial charge in [-0.3, -0.25) is 4.90 Å². The van der Waals surface area contributed by atoms with E-state index in [-0.39, 0.29) is 5.82 Å².